The second-order valence-corrected chi connectivity index (χ2v) is 4.51. The van der Waals surface area contributed by atoms with Crippen LogP contribution in [-0.4, -0.2) is 12.1 Å². The first-order chi connectivity index (χ1) is 8.69. The van der Waals surface area contributed by atoms with E-state index in [4.69, 9.17) is 27.9 Å². The predicted molar refractivity (Wildman–Crippen MR) is 74.6 cm³/mol. The van der Waals surface area contributed by atoms with Gasteiger partial charge in [0.25, 0.3) is 0 Å². The van der Waals surface area contributed by atoms with Gasteiger partial charge < -0.3 is 10.1 Å². The summed E-state index contributed by atoms with van der Waals surface area (Å²) in [5.74, 6) is 0.593. The van der Waals surface area contributed by atoms with Crippen molar-refractivity contribution in [3.05, 3.63) is 52.1 Å². The maximum atomic E-state index is 5.95. The molecule has 1 heterocycles. The third-order valence-corrected chi connectivity index (χ3v) is 3.17. The Morgan fingerprint density at radius 3 is 2.61 bits per heavy atom. The Hall–Kier alpha value is -1.45. The van der Waals surface area contributed by atoms with Gasteiger partial charge in [0.2, 0.25) is 5.88 Å². The first kappa shape index (κ1) is 13.0. The van der Waals surface area contributed by atoms with Crippen LogP contribution in [0, 0.1) is 0 Å². The van der Waals surface area contributed by atoms with E-state index < -0.39 is 0 Å². The zero-order valence-electron chi connectivity index (χ0n) is 9.78. The van der Waals surface area contributed by atoms with Crippen LogP contribution >= 0.6 is 23.2 Å². The van der Waals surface area contributed by atoms with Crippen molar-refractivity contribution in [1.82, 2.24) is 4.98 Å². The van der Waals surface area contributed by atoms with Crippen molar-refractivity contribution in [3.63, 3.8) is 0 Å². The molecule has 0 atom stereocenters. The lowest BCUT2D eigenvalue weighted by Gasteiger charge is -2.07. The summed E-state index contributed by atoms with van der Waals surface area (Å²) < 4.78 is 4.99. The molecule has 0 bridgehead atoms. The normalized spacial score (nSPS) is 10.2. The van der Waals surface area contributed by atoms with E-state index in [1.165, 1.54) is 0 Å². The Balaban J connectivity index is 1.99. The minimum Gasteiger partial charge on any atom is -0.481 e. The van der Waals surface area contributed by atoms with Gasteiger partial charge in [-0.15, -0.1) is 0 Å². The lowest BCUT2D eigenvalue weighted by molar-refractivity contribution is 0.398. The molecular formula is C13H12Cl2N2O. The molecule has 0 spiro atoms. The molecule has 0 amide bonds. The number of rotatable bonds is 4. The van der Waals surface area contributed by atoms with Crippen LogP contribution in [0.15, 0.2) is 36.5 Å². The van der Waals surface area contributed by atoms with Crippen LogP contribution in [0.1, 0.15) is 5.56 Å². The topological polar surface area (TPSA) is 34.1 Å². The standard InChI is InChI=1S/C13H12Cl2N2O/c1-18-13-5-3-10(8-17-13)16-7-9-2-4-11(14)12(15)6-9/h2-6,8,16H,7H2,1H3. The minimum atomic E-state index is 0.559. The molecular weight excluding hydrogens is 271 g/mol. The number of benzene rings is 1. The number of pyridine rings is 1. The minimum absolute atomic E-state index is 0.559. The second-order valence-electron chi connectivity index (χ2n) is 3.69. The number of hydrogen-bond donors (Lipinski definition) is 1. The van der Waals surface area contributed by atoms with Gasteiger partial charge >= 0.3 is 0 Å². The van der Waals surface area contributed by atoms with E-state index in [9.17, 15) is 0 Å². The molecule has 0 saturated heterocycles. The highest BCUT2D eigenvalue weighted by atomic mass is 35.5. The SMILES string of the molecule is COc1ccc(NCc2ccc(Cl)c(Cl)c2)cn1. The summed E-state index contributed by atoms with van der Waals surface area (Å²) >= 11 is 11.8. The average molecular weight is 283 g/mol. The number of nitrogens with one attached hydrogen (secondary N) is 1. The molecule has 0 fully saturated rings. The third-order valence-electron chi connectivity index (χ3n) is 2.43. The van der Waals surface area contributed by atoms with Crippen molar-refractivity contribution in [1.29, 1.82) is 0 Å². The van der Waals surface area contributed by atoms with E-state index in [1.807, 2.05) is 18.2 Å². The molecule has 2 rings (SSSR count). The van der Waals surface area contributed by atoms with Crippen LogP contribution < -0.4 is 10.1 Å². The number of ether oxygens (including phenoxy) is 1. The van der Waals surface area contributed by atoms with E-state index in [0.717, 1.165) is 11.3 Å². The summed E-state index contributed by atoms with van der Waals surface area (Å²) in [6.07, 6.45) is 1.72. The van der Waals surface area contributed by atoms with E-state index in [-0.39, 0.29) is 0 Å². The lowest BCUT2D eigenvalue weighted by Crippen LogP contribution is -2.00. The van der Waals surface area contributed by atoms with Gasteiger partial charge in [0.05, 0.1) is 29.0 Å². The summed E-state index contributed by atoms with van der Waals surface area (Å²) in [5, 5.41) is 4.36. The first-order valence-corrected chi connectivity index (χ1v) is 6.12. The van der Waals surface area contributed by atoms with Crippen LogP contribution in [-0.2, 0) is 6.54 Å². The van der Waals surface area contributed by atoms with Crippen molar-refractivity contribution in [2.45, 2.75) is 6.54 Å². The first-order valence-electron chi connectivity index (χ1n) is 5.37. The van der Waals surface area contributed by atoms with Crippen molar-refractivity contribution < 1.29 is 4.74 Å². The summed E-state index contributed by atoms with van der Waals surface area (Å²) in [5.41, 5.74) is 1.97. The van der Waals surface area contributed by atoms with Gasteiger partial charge in [-0.1, -0.05) is 29.3 Å². The van der Waals surface area contributed by atoms with Crippen LogP contribution in [0.4, 0.5) is 5.69 Å². The second kappa shape index (κ2) is 5.94. The van der Waals surface area contributed by atoms with E-state index >= 15 is 0 Å². The van der Waals surface area contributed by atoms with E-state index in [2.05, 4.69) is 10.3 Å². The molecule has 0 radical (unpaired) electrons. The fraction of sp³-hybridized carbons (Fsp3) is 0.154. The van der Waals surface area contributed by atoms with Crippen LogP contribution in [0.3, 0.4) is 0 Å². The quantitative estimate of drug-likeness (QED) is 0.920. The highest BCUT2D eigenvalue weighted by molar-refractivity contribution is 6.42. The van der Waals surface area contributed by atoms with E-state index in [0.29, 0.717) is 22.5 Å². The zero-order valence-corrected chi connectivity index (χ0v) is 11.3. The largest absolute Gasteiger partial charge is 0.481 e. The number of nitrogens with zero attached hydrogens (tertiary/aromatic N) is 1. The van der Waals surface area contributed by atoms with Gasteiger partial charge in [-0.05, 0) is 23.8 Å². The molecule has 0 unspecified atom stereocenters. The smallest absolute Gasteiger partial charge is 0.213 e. The number of hydrogen-bond acceptors (Lipinski definition) is 3. The summed E-state index contributed by atoms with van der Waals surface area (Å²) in [6, 6.07) is 9.26. The van der Waals surface area contributed by atoms with Crippen molar-refractivity contribution in [2.24, 2.45) is 0 Å². The van der Waals surface area contributed by atoms with Crippen LogP contribution in [0.2, 0.25) is 10.0 Å². The summed E-state index contributed by atoms with van der Waals surface area (Å²) in [6.45, 7) is 0.658. The van der Waals surface area contributed by atoms with Gasteiger partial charge in [0, 0.05) is 12.6 Å². The number of anilines is 1. The lowest BCUT2D eigenvalue weighted by atomic mass is 10.2. The Kier molecular flexibility index (Phi) is 4.28. The summed E-state index contributed by atoms with van der Waals surface area (Å²) in [7, 11) is 1.59. The monoisotopic (exact) mass is 282 g/mol. The highest BCUT2D eigenvalue weighted by Crippen LogP contribution is 2.23. The third kappa shape index (κ3) is 3.28. The molecule has 1 aromatic carbocycles. The molecule has 5 heteroatoms. The molecule has 0 aliphatic carbocycles. The molecule has 1 aromatic heterocycles. The van der Waals surface area contributed by atoms with Crippen LogP contribution in [0.5, 0.6) is 5.88 Å². The number of aromatic nitrogens is 1. The Morgan fingerprint density at radius 1 is 1.17 bits per heavy atom. The zero-order chi connectivity index (χ0) is 13.0. The van der Waals surface area contributed by atoms with Gasteiger partial charge in [-0.3, -0.25) is 0 Å². The molecule has 1 N–H and O–H groups in total. The van der Waals surface area contributed by atoms with Crippen LogP contribution in [0.25, 0.3) is 0 Å². The fourth-order valence-electron chi connectivity index (χ4n) is 1.46. The maximum Gasteiger partial charge on any atom is 0.213 e. The molecule has 18 heavy (non-hydrogen) atoms. The van der Waals surface area contributed by atoms with Gasteiger partial charge in [0.1, 0.15) is 0 Å². The number of halogens is 2. The number of methoxy groups -OCH3 is 1. The fourth-order valence-corrected chi connectivity index (χ4v) is 1.78. The van der Waals surface area contributed by atoms with Gasteiger partial charge in [-0.25, -0.2) is 4.98 Å². The molecule has 3 nitrogen and oxygen atoms in total. The predicted octanol–water partition coefficient (Wildman–Crippen LogP) is 4.01. The Morgan fingerprint density at radius 2 is 2.00 bits per heavy atom. The van der Waals surface area contributed by atoms with Gasteiger partial charge in [-0.2, -0.15) is 0 Å². The maximum absolute atomic E-state index is 5.95. The van der Waals surface area contributed by atoms with Crippen molar-refractivity contribution >= 4 is 28.9 Å². The van der Waals surface area contributed by atoms with E-state index in [1.54, 1.807) is 25.4 Å². The Labute approximate surface area is 116 Å². The average Bonchev–Trinajstić information content (AvgIpc) is 2.41. The molecule has 94 valence electrons. The molecule has 0 aliphatic heterocycles. The molecule has 2 aromatic rings. The van der Waals surface area contributed by atoms with Gasteiger partial charge in [0.15, 0.2) is 0 Å². The molecule has 0 saturated carbocycles. The Bertz CT molecular complexity index is 529. The summed E-state index contributed by atoms with van der Waals surface area (Å²) in [4.78, 5) is 4.11. The molecule has 0 aliphatic rings. The highest BCUT2D eigenvalue weighted by Gasteiger charge is 2.00. The van der Waals surface area contributed by atoms with Crippen molar-refractivity contribution in [2.75, 3.05) is 12.4 Å². The van der Waals surface area contributed by atoms with Crippen molar-refractivity contribution in [3.8, 4) is 5.88 Å².